The largest absolute Gasteiger partial charge is 0.353 e. The van der Waals surface area contributed by atoms with E-state index in [9.17, 15) is 9.59 Å². The first kappa shape index (κ1) is 12.0. The zero-order valence-corrected chi connectivity index (χ0v) is 9.96. The van der Waals surface area contributed by atoms with Crippen LogP contribution in [0.15, 0.2) is 0 Å². The number of carbonyl (C=O) groups excluding carboxylic acids is 2. The molecule has 0 radical (unpaired) electrons. The number of nitrogens with zero attached hydrogens (tertiary/aromatic N) is 1. The molecule has 1 aliphatic heterocycles. The van der Waals surface area contributed by atoms with Crippen molar-refractivity contribution >= 4 is 11.8 Å². The second-order valence-electron chi connectivity index (χ2n) is 4.96. The molecule has 1 aliphatic rings. The molecule has 0 saturated carbocycles. The van der Waals surface area contributed by atoms with Gasteiger partial charge in [-0.2, -0.15) is 0 Å². The fourth-order valence-corrected chi connectivity index (χ4v) is 1.79. The lowest BCUT2D eigenvalue weighted by atomic mass is 9.93. The molecule has 1 heterocycles. The van der Waals surface area contributed by atoms with Crippen molar-refractivity contribution < 1.29 is 9.59 Å². The molecule has 86 valence electrons. The Labute approximate surface area is 91.0 Å². The molecular formula is C11H20N2O2. The van der Waals surface area contributed by atoms with Crippen LogP contribution in [0.25, 0.3) is 0 Å². The van der Waals surface area contributed by atoms with E-state index in [1.54, 1.807) is 4.90 Å². The first-order chi connectivity index (χ1) is 6.88. The lowest BCUT2D eigenvalue weighted by Gasteiger charge is -2.38. The average molecular weight is 212 g/mol. The Kier molecular flexibility index (Phi) is 3.37. The summed E-state index contributed by atoms with van der Waals surface area (Å²) in [7, 11) is 0. The zero-order valence-electron chi connectivity index (χ0n) is 9.96. The van der Waals surface area contributed by atoms with E-state index in [2.05, 4.69) is 5.32 Å². The molecule has 0 aromatic heterocycles. The van der Waals surface area contributed by atoms with Crippen LogP contribution in [0.5, 0.6) is 0 Å². The first-order valence-electron chi connectivity index (χ1n) is 5.46. The van der Waals surface area contributed by atoms with Gasteiger partial charge in [-0.05, 0) is 6.42 Å². The van der Waals surface area contributed by atoms with Crippen LogP contribution >= 0.6 is 0 Å². The molecule has 1 fully saturated rings. The Hall–Kier alpha value is -1.06. The van der Waals surface area contributed by atoms with Crippen molar-refractivity contribution in [2.45, 2.75) is 40.2 Å². The van der Waals surface area contributed by atoms with Gasteiger partial charge < -0.3 is 10.2 Å². The number of amides is 2. The topological polar surface area (TPSA) is 49.4 Å². The van der Waals surface area contributed by atoms with Gasteiger partial charge in [0.2, 0.25) is 11.8 Å². The molecule has 0 aromatic rings. The summed E-state index contributed by atoms with van der Waals surface area (Å²) in [5.74, 6) is 0.0329. The molecule has 0 aromatic carbocycles. The highest BCUT2D eigenvalue weighted by atomic mass is 16.2. The van der Waals surface area contributed by atoms with E-state index in [1.165, 1.54) is 0 Å². The van der Waals surface area contributed by atoms with Crippen LogP contribution < -0.4 is 5.32 Å². The summed E-state index contributed by atoms with van der Waals surface area (Å²) in [5, 5.41) is 2.79. The molecule has 0 aliphatic carbocycles. The summed E-state index contributed by atoms with van der Waals surface area (Å²) in [4.78, 5) is 25.3. The SMILES string of the molecule is CCC1C(=O)NCCN1C(=O)C(C)(C)C. The van der Waals surface area contributed by atoms with Crippen molar-refractivity contribution in [1.29, 1.82) is 0 Å². The normalized spacial score (nSPS) is 22.5. The van der Waals surface area contributed by atoms with E-state index in [-0.39, 0.29) is 17.9 Å². The third-order valence-electron chi connectivity index (χ3n) is 2.62. The summed E-state index contributed by atoms with van der Waals surface area (Å²) in [6.07, 6.45) is 0.674. The van der Waals surface area contributed by atoms with Gasteiger partial charge in [0.25, 0.3) is 0 Å². The van der Waals surface area contributed by atoms with Gasteiger partial charge in [-0.15, -0.1) is 0 Å². The third-order valence-corrected chi connectivity index (χ3v) is 2.62. The van der Waals surface area contributed by atoms with Crippen LogP contribution in [0.4, 0.5) is 0 Å². The van der Waals surface area contributed by atoms with Crippen LogP contribution in [0.2, 0.25) is 0 Å². The van der Waals surface area contributed by atoms with Gasteiger partial charge in [0.05, 0.1) is 0 Å². The predicted molar refractivity (Wildman–Crippen MR) is 58.3 cm³/mol. The van der Waals surface area contributed by atoms with E-state index in [0.29, 0.717) is 19.5 Å². The van der Waals surface area contributed by atoms with E-state index in [1.807, 2.05) is 27.7 Å². The average Bonchev–Trinajstić information content (AvgIpc) is 2.14. The highest BCUT2D eigenvalue weighted by Gasteiger charge is 2.36. The van der Waals surface area contributed by atoms with E-state index >= 15 is 0 Å². The summed E-state index contributed by atoms with van der Waals surface area (Å²) in [6.45, 7) is 8.77. The number of carbonyl (C=O) groups is 2. The summed E-state index contributed by atoms with van der Waals surface area (Å²) in [5.41, 5.74) is -0.412. The van der Waals surface area contributed by atoms with Crippen molar-refractivity contribution in [3.05, 3.63) is 0 Å². The molecule has 15 heavy (non-hydrogen) atoms. The number of rotatable bonds is 1. The number of nitrogens with one attached hydrogen (secondary N) is 1. The molecular weight excluding hydrogens is 192 g/mol. The predicted octanol–water partition coefficient (Wildman–Crippen LogP) is 0.769. The molecule has 1 rings (SSSR count). The Bertz CT molecular complexity index is 268. The molecule has 4 heteroatoms. The van der Waals surface area contributed by atoms with Crippen molar-refractivity contribution in [1.82, 2.24) is 10.2 Å². The van der Waals surface area contributed by atoms with Crippen molar-refractivity contribution in [2.24, 2.45) is 5.41 Å². The maximum Gasteiger partial charge on any atom is 0.242 e. The minimum Gasteiger partial charge on any atom is -0.353 e. The minimum absolute atomic E-state index is 0.0265. The molecule has 0 spiro atoms. The van der Waals surface area contributed by atoms with Crippen LogP contribution in [-0.2, 0) is 9.59 Å². The molecule has 2 amide bonds. The summed E-state index contributed by atoms with van der Waals surface area (Å²) in [6, 6.07) is -0.287. The third kappa shape index (κ3) is 2.49. The van der Waals surface area contributed by atoms with Crippen molar-refractivity contribution in [3.8, 4) is 0 Å². The standard InChI is InChI=1S/C11H20N2O2/c1-5-8-9(14)12-6-7-13(8)10(15)11(2,3)4/h8H,5-7H2,1-4H3,(H,12,14). The summed E-state index contributed by atoms with van der Waals surface area (Å²) < 4.78 is 0. The van der Waals surface area contributed by atoms with Crippen molar-refractivity contribution in [3.63, 3.8) is 0 Å². The Morgan fingerprint density at radius 1 is 1.53 bits per heavy atom. The fourth-order valence-electron chi connectivity index (χ4n) is 1.79. The van der Waals surface area contributed by atoms with Gasteiger partial charge in [-0.3, -0.25) is 9.59 Å². The minimum atomic E-state index is -0.412. The lowest BCUT2D eigenvalue weighted by molar-refractivity contribution is -0.149. The van der Waals surface area contributed by atoms with Gasteiger partial charge in [0, 0.05) is 18.5 Å². The van der Waals surface area contributed by atoms with Crippen molar-refractivity contribution in [2.75, 3.05) is 13.1 Å². The van der Waals surface area contributed by atoms with Crippen LogP contribution in [0.1, 0.15) is 34.1 Å². The lowest BCUT2D eigenvalue weighted by Crippen LogP contribution is -2.59. The van der Waals surface area contributed by atoms with E-state index in [0.717, 1.165) is 0 Å². The summed E-state index contributed by atoms with van der Waals surface area (Å²) >= 11 is 0. The van der Waals surface area contributed by atoms with Crippen LogP contribution in [0.3, 0.4) is 0 Å². The molecule has 1 unspecified atom stereocenters. The number of piperazine rings is 1. The van der Waals surface area contributed by atoms with Gasteiger partial charge in [0.1, 0.15) is 6.04 Å². The maximum absolute atomic E-state index is 12.1. The highest BCUT2D eigenvalue weighted by Crippen LogP contribution is 2.21. The second-order valence-corrected chi connectivity index (χ2v) is 4.96. The number of hydrogen-bond donors (Lipinski definition) is 1. The molecule has 0 bridgehead atoms. The Balaban J connectivity index is 2.83. The van der Waals surface area contributed by atoms with Crippen LogP contribution in [-0.4, -0.2) is 35.8 Å². The zero-order chi connectivity index (χ0) is 11.6. The molecule has 1 atom stereocenters. The van der Waals surface area contributed by atoms with Gasteiger partial charge in [0.15, 0.2) is 0 Å². The van der Waals surface area contributed by atoms with Gasteiger partial charge in [-0.1, -0.05) is 27.7 Å². The quantitative estimate of drug-likeness (QED) is 0.698. The van der Waals surface area contributed by atoms with Crippen LogP contribution in [0, 0.1) is 5.41 Å². The maximum atomic E-state index is 12.1. The number of hydrogen-bond acceptors (Lipinski definition) is 2. The van der Waals surface area contributed by atoms with Gasteiger partial charge >= 0.3 is 0 Å². The fraction of sp³-hybridized carbons (Fsp3) is 0.818. The molecule has 4 nitrogen and oxygen atoms in total. The monoisotopic (exact) mass is 212 g/mol. The Morgan fingerprint density at radius 2 is 2.13 bits per heavy atom. The smallest absolute Gasteiger partial charge is 0.242 e. The second kappa shape index (κ2) is 4.21. The highest BCUT2D eigenvalue weighted by molar-refractivity contribution is 5.90. The van der Waals surface area contributed by atoms with Gasteiger partial charge in [-0.25, -0.2) is 0 Å². The van der Waals surface area contributed by atoms with E-state index in [4.69, 9.17) is 0 Å². The first-order valence-corrected chi connectivity index (χ1v) is 5.46. The van der Waals surface area contributed by atoms with E-state index < -0.39 is 5.41 Å². The molecule has 1 N–H and O–H groups in total. The Morgan fingerprint density at radius 3 is 2.60 bits per heavy atom. The molecule has 1 saturated heterocycles.